The smallest absolute Gasteiger partial charge is 0.364 e. The van der Waals surface area contributed by atoms with Crippen LogP contribution in [0.15, 0.2) is 12.1 Å². The van der Waals surface area contributed by atoms with Crippen molar-refractivity contribution in [3.8, 4) is 54.3 Å². The zero-order valence-corrected chi connectivity index (χ0v) is 14.7. The fraction of sp³-hybridized carbons (Fsp3) is 0.250. The summed E-state index contributed by atoms with van der Waals surface area (Å²) in [6, 6.07) is 2.53. The second kappa shape index (κ2) is 9.56. The molecule has 2 rings (SSSR count). The Kier molecular flexibility index (Phi) is 6.91. The first-order chi connectivity index (χ1) is 13.5. The highest BCUT2D eigenvalue weighted by molar-refractivity contribution is 6.03. The van der Waals surface area contributed by atoms with Gasteiger partial charge in [0, 0.05) is 12.8 Å². The number of carbonyl (C=O) groups is 3. The zero-order valence-electron chi connectivity index (χ0n) is 14.7. The minimum Gasteiger partial charge on any atom is -0.477 e. The zero-order chi connectivity index (χ0) is 20.5. The van der Waals surface area contributed by atoms with Crippen molar-refractivity contribution < 1.29 is 33.4 Å². The van der Waals surface area contributed by atoms with Crippen molar-refractivity contribution >= 4 is 17.8 Å². The predicted molar refractivity (Wildman–Crippen MR) is 95.9 cm³/mol. The van der Waals surface area contributed by atoms with E-state index in [1.165, 1.54) is 12.1 Å². The van der Waals surface area contributed by atoms with Gasteiger partial charge in [-0.25, -0.2) is 4.79 Å². The topological polar surface area (TPSA) is 91.4 Å². The Hall–Kier alpha value is -4.09. The Balaban J connectivity index is 2.39. The van der Waals surface area contributed by atoms with Crippen molar-refractivity contribution in [1.29, 1.82) is 0 Å². The highest BCUT2D eigenvalue weighted by Crippen LogP contribution is 2.39. The fourth-order valence-electron chi connectivity index (χ4n) is 2.20. The van der Waals surface area contributed by atoms with Gasteiger partial charge in [0.2, 0.25) is 5.75 Å². The van der Waals surface area contributed by atoms with Crippen molar-refractivity contribution in [2.24, 2.45) is 0 Å². The molecular weight excluding hydrogens is 366 g/mol. The van der Waals surface area contributed by atoms with Gasteiger partial charge in [0.15, 0.2) is 11.5 Å². The predicted octanol–water partition coefficient (Wildman–Crippen LogP) is 0.943. The van der Waals surface area contributed by atoms with Crippen LogP contribution in [0.1, 0.15) is 23.2 Å². The Morgan fingerprint density at radius 3 is 1.82 bits per heavy atom. The molecule has 8 heteroatoms. The first-order valence-corrected chi connectivity index (χ1v) is 7.96. The number of amides is 2. The van der Waals surface area contributed by atoms with Gasteiger partial charge in [-0.15, -0.1) is 24.3 Å². The summed E-state index contributed by atoms with van der Waals surface area (Å²) in [6.07, 6.45) is 15.6. The molecular formula is C20H15NO7. The molecule has 8 nitrogen and oxygen atoms in total. The number of imide groups is 1. The standard InChI is InChI=1S/C20H15NO7/c1-4-9-25-15-12-14(20(24)28-21-17(22)7-8-18(21)23)13-16(26-10-5-2)19(15)27-11-6-3/h1-3,12-13H,7-11H2. The van der Waals surface area contributed by atoms with E-state index in [0.29, 0.717) is 5.06 Å². The average Bonchev–Trinajstić information content (AvgIpc) is 3.01. The first-order valence-electron chi connectivity index (χ1n) is 7.96. The van der Waals surface area contributed by atoms with Crippen LogP contribution in [0.25, 0.3) is 0 Å². The van der Waals surface area contributed by atoms with Gasteiger partial charge in [-0.1, -0.05) is 17.8 Å². The van der Waals surface area contributed by atoms with E-state index in [-0.39, 0.29) is 55.5 Å². The van der Waals surface area contributed by atoms with Gasteiger partial charge in [0.1, 0.15) is 19.8 Å². The van der Waals surface area contributed by atoms with E-state index in [9.17, 15) is 14.4 Å². The molecule has 1 heterocycles. The number of hydrogen-bond acceptors (Lipinski definition) is 7. The number of hydroxylamine groups is 2. The minimum absolute atomic E-state index is 0.0297. The lowest BCUT2D eigenvalue weighted by molar-refractivity contribution is -0.172. The van der Waals surface area contributed by atoms with Crippen LogP contribution in [0.3, 0.4) is 0 Å². The maximum atomic E-state index is 12.4. The summed E-state index contributed by atoms with van der Waals surface area (Å²) in [6.45, 7) is -0.384. The molecule has 0 aliphatic carbocycles. The normalized spacial score (nSPS) is 12.5. The van der Waals surface area contributed by atoms with E-state index >= 15 is 0 Å². The van der Waals surface area contributed by atoms with Crippen molar-refractivity contribution in [2.45, 2.75) is 12.8 Å². The maximum absolute atomic E-state index is 12.4. The molecule has 1 aliphatic rings. The number of nitrogens with zero attached hydrogens (tertiary/aromatic N) is 1. The van der Waals surface area contributed by atoms with Gasteiger partial charge in [0.25, 0.3) is 11.8 Å². The van der Waals surface area contributed by atoms with Crippen LogP contribution in [0.5, 0.6) is 17.2 Å². The summed E-state index contributed by atoms with van der Waals surface area (Å²) in [4.78, 5) is 40.6. The molecule has 0 unspecified atom stereocenters. The molecule has 0 N–H and O–H groups in total. The summed E-state index contributed by atoms with van der Waals surface area (Å²) in [5.74, 6) is 4.83. The number of benzene rings is 1. The molecule has 0 saturated carbocycles. The quantitative estimate of drug-likeness (QED) is 0.489. The van der Waals surface area contributed by atoms with Crippen LogP contribution in [0, 0.1) is 37.0 Å². The van der Waals surface area contributed by atoms with Gasteiger partial charge < -0.3 is 19.0 Å². The van der Waals surface area contributed by atoms with E-state index in [1.807, 2.05) is 0 Å². The molecule has 0 atom stereocenters. The number of carbonyl (C=O) groups excluding carboxylic acids is 3. The van der Waals surface area contributed by atoms with E-state index in [2.05, 4.69) is 17.8 Å². The van der Waals surface area contributed by atoms with Crippen LogP contribution < -0.4 is 14.2 Å². The Labute approximate surface area is 161 Å². The van der Waals surface area contributed by atoms with E-state index in [0.717, 1.165) is 0 Å². The molecule has 0 radical (unpaired) electrons. The van der Waals surface area contributed by atoms with E-state index < -0.39 is 17.8 Å². The lowest BCUT2D eigenvalue weighted by Gasteiger charge is -2.17. The maximum Gasteiger partial charge on any atom is 0.364 e. The third-order valence-corrected chi connectivity index (χ3v) is 3.36. The molecule has 1 fully saturated rings. The Bertz CT molecular complexity index is 859. The third-order valence-electron chi connectivity index (χ3n) is 3.36. The molecule has 2 amide bonds. The van der Waals surface area contributed by atoms with Gasteiger partial charge in [-0.2, -0.15) is 0 Å². The second-order valence-corrected chi connectivity index (χ2v) is 5.24. The number of terminal acetylenes is 3. The highest BCUT2D eigenvalue weighted by atomic mass is 16.7. The van der Waals surface area contributed by atoms with Crippen LogP contribution in [0.4, 0.5) is 0 Å². The minimum atomic E-state index is -0.983. The lowest BCUT2D eigenvalue weighted by atomic mass is 10.2. The molecule has 0 spiro atoms. The molecule has 1 saturated heterocycles. The van der Waals surface area contributed by atoms with Crippen molar-refractivity contribution in [1.82, 2.24) is 5.06 Å². The summed E-state index contributed by atoms with van der Waals surface area (Å²) < 4.78 is 16.2. The Morgan fingerprint density at radius 2 is 1.36 bits per heavy atom. The third kappa shape index (κ3) is 4.75. The largest absolute Gasteiger partial charge is 0.477 e. The molecule has 0 bridgehead atoms. The fourth-order valence-corrected chi connectivity index (χ4v) is 2.20. The highest BCUT2D eigenvalue weighted by Gasteiger charge is 2.33. The van der Waals surface area contributed by atoms with Gasteiger partial charge in [-0.3, -0.25) is 9.59 Å². The number of rotatable bonds is 8. The summed E-state index contributed by atoms with van der Waals surface area (Å²) >= 11 is 0. The van der Waals surface area contributed by atoms with Crippen LogP contribution in [-0.2, 0) is 14.4 Å². The Morgan fingerprint density at radius 1 is 0.893 bits per heavy atom. The van der Waals surface area contributed by atoms with Crippen LogP contribution >= 0.6 is 0 Å². The van der Waals surface area contributed by atoms with E-state index in [4.69, 9.17) is 38.3 Å². The molecule has 1 aliphatic heterocycles. The van der Waals surface area contributed by atoms with Gasteiger partial charge in [0.05, 0.1) is 5.56 Å². The monoisotopic (exact) mass is 381 g/mol. The lowest BCUT2D eigenvalue weighted by Crippen LogP contribution is -2.32. The summed E-state index contributed by atoms with van der Waals surface area (Å²) in [5, 5.41) is 0.426. The molecule has 142 valence electrons. The van der Waals surface area contributed by atoms with E-state index in [1.54, 1.807) is 0 Å². The van der Waals surface area contributed by atoms with Crippen molar-refractivity contribution in [3.05, 3.63) is 17.7 Å². The van der Waals surface area contributed by atoms with Crippen LogP contribution in [0.2, 0.25) is 0 Å². The number of hydrogen-bond donors (Lipinski definition) is 0. The van der Waals surface area contributed by atoms with Crippen molar-refractivity contribution in [2.75, 3.05) is 19.8 Å². The number of ether oxygens (including phenoxy) is 3. The molecule has 0 aromatic heterocycles. The molecule has 1 aromatic carbocycles. The SMILES string of the molecule is C#CCOc1cc(C(=O)ON2C(=O)CCC2=O)cc(OCC#C)c1OCC#C. The second-order valence-electron chi connectivity index (χ2n) is 5.24. The van der Waals surface area contributed by atoms with Crippen molar-refractivity contribution in [3.63, 3.8) is 0 Å². The average molecular weight is 381 g/mol. The van der Waals surface area contributed by atoms with Gasteiger partial charge >= 0.3 is 5.97 Å². The van der Waals surface area contributed by atoms with Crippen LogP contribution in [-0.4, -0.2) is 42.7 Å². The summed E-state index contributed by atoms with van der Waals surface area (Å²) in [7, 11) is 0. The molecule has 1 aromatic rings. The van der Waals surface area contributed by atoms with Gasteiger partial charge in [-0.05, 0) is 12.1 Å². The first kappa shape index (κ1) is 20.2. The molecule has 28 heavy (non-hydrogen) atoms. The summed E-state index contributed by atoms with van der Waals surface area (Å²) in [5.41, 5.74) is -0.0837.